The van der Waals surface area contributed by atoms with E-state index in [-0.39, 0.29) is 16.7 Å². The second kappa shape index (κ2) is 10.9. The number of anilines is 1. The van der Waals surface area contributed by atoms with Gasteiger partial charge in [0.15, 0.2) is 0 Å². The van der Waals surface area contributed by atoms with E-state index in [1.54, 1.807) is 12.1 Å². The second-order valence-electron chi connectivity index (χ2n) is 11.0. The van der Waals surface area contributed by atoms with Gasteiger partial charge >= 0.3 is 0 Å². The minimum Gasteiger partial charge on any atom is -0.490 e. The van der Waals surface area contributed by atoms with Crippen molar-refractivity contribution in [2.45, 2.75) is 81.4 Å². The van der Waals surface area contributed by atoms with Crippen LogP contribution in [0.15, 0.2) is 41.3 Å². The van der Waals surface area contributed by atoms with Crippen molar-refractivity contribution in [3.05, 3.63) is 52.5 Å². The van der Waals surface area contributed by atoms with Crippen LogP contribution in [0.5, 0.6) is 5.75 Å². The first-order valence-electron chi connectivity index (χ1n) is 13.6. The van der Waals surface area contributed by atoms with Crippen molar-refractivity contribution in [1.82, 2.24) is 4.72 Å². The molecule has 1 heterocycles. The Labute approximate surface area is 225 Å². The first-order valence-corrected chi connectivity index (χ1v) is 15.5. The van der Waals surface area contributed by atoms with Gasteiger partial charge < -0.3 is 10.1 Å². The van der Waals surface area contributed by atoms with E-state index in [0.717, 1.165) is 49.0 Å². The van der Waals surface area contributed by atoms with Gasteiger partial charge in [0.25, 0.3) is 10.0 Å². The molecule has 0 aromatic heterocycles. The maximum Gasteiger partial charge on any atom is 0.264 e. The van der Waals surface area contributed by atoms with Crippen LogP contribution in [0.4, 0.5) is 5.69 Å². The van der Waals surface area contributed by atoms with E-state index >= 15 is 0 Å². The summed E-state index contributed by atoms with van der Waals surface area (Å²) in [6.45, 7) is 3.37. The highest BCUT2D eigenvalue weighted by Crippen LogP contribution is 2.43. The molecule has 3 unspecified atom stereocenters. The van der Waals surface area contributed by atoms with Crippen LogP contribution >= 0.6 is 11.6 Å². The zero-order chi connectivity index (χ0) is 26.0. The van der Waals surface area contributed by atoms with Gasteiger partial charge in [-0.05, 0) is 91.8 Å². The number of hydrogen-bond donors (Lipinski definition) is 2. The Morgan fingerprint density at radius 2 is 2.00 bits per heavy atom. The van der Waals surface area contributed by atoms with E-state index in [0.29, 0.717) is 31.0 Å². The first kappa shape index (κ1) is 26.4. The number of unbranched alkanes of at least 4 members (excludes halogenated alkanes) is 1. The monoisotopic (exact) mass is 544 g/mol. The molecule has 3 aliphatic rings. The van der Waals surface area contributed by atoms with Crippen molar-refractivity contribution >= 4 is 33.2 Å². The Morgan fingerprint density at radius 3 is 2.78 bits per heavy atom. The fourth-order valence-corrected chi connectivity index (χ4v) is 7.59. The molecule has 1 amide bonds. The summed E-state index contributed by atoms with van der Waals surface area (Å²) in [5.41, 5.74) is 2.91. The van der Waals surface area contributed by atoms with Crippen molar-refractivity contribution in [3.8, 4) is 5.75 Å². The van der Waals surface area contributed by atoms with Gasteiger partial charge in [-0.2, -0.15) is 0 Å². The quantitative estimate of drug-likeness (QED) is 0.385. The number of carbonyl (C=O) groups excluding carboxylic acids is 1. The topological polar surface area (TPSA) is 84.5 Å². The van der Waals surface area contributed by atoms with E-state index in [1.165, 1.54) is 36.5 Å². The number of hydrogen-bond acceptors (Lipinski definition) is 5. The summed E-state index contributed by atoms with van der Waals surface area (Å²) in [7, 11) is -3.96. The third kappa shape index (κ3) is 5.63. The summed E-state index contributed by atoms with van der Waals surface area (Å²) in [4.78, 5) is 12.5. The van der Waals surface area contributed by atoms with Gasteiger partial charge in [-0.25, -0.2) is 13.1 Å². The Balaban J connectivity index is 1.21. The molecule has 3 atom stereocenters. The number of carbonyl (C=O) groups is 1. The molecule has 6 nitrogen and oxygen atoms in total. The molecule has 8 heteroatoms. The zero-order valence-electron chi connectivity index (χ0n) is 21.5. The second-order valence-corrected chi connectivity index (χ2v) is 13.1. The number of fused-ring (bicyclic) bond motifs is 3. The molecule has 200 valence electrons. The summed E-state index contributed by atoms with van der Waals surface area (Å²) in [5, 5.41) is 4.18. The average molecular weight is 545 g/mol. The summed E-state index contributed by atoms with van der Waals surface area (Å²) in [6.07, 6.45) is 9.88. The fraction of sp³-hybridized carbons (Fsp3) is 0.552. The van der Waals surface area contributed by atoms with E-state index in [2.05, 4.69) is 23.0 Å². The fourth-order valence-electron chi connectivity index (χ4n) is 6.35. The molecular formula is C29H37ClN2O4S. The highest BCUT2D eigenvalue weighted by atomic mass is 35.5. The lowest BCUT2D eigenvalue weighted by atomic mass is 9.70. The molecule has 1 aliphatic heterocycles. The number of aryl methyl sites for hydroxylation is 1. The summed E-state index contributed by atoms with van der Waals surface area (Å²) in [6, 6.07) is 10.8. The van der Waals surface area contributed by atoms with Crippen LogP contribution in [0.25, 0.3) is 0 Å². The molecule has 0 bridgehead atoms. The Bertz CT molecular complexity index is 1260. The molecule has 2 aromatic rings. The standard InChI is InChI=1S/C29H37ClN2O4S/c1-2-20-9-10-21(20)6-3-4-8-28(33)32-37(34,35)24-12-14-27-26(17-24)31-18-29(19-36-27)15-5-7-22-16-23(30)11-13-25(22)29/h11-14,16-17,20-21,31H,2-10,15,18-19H2,1H3,(H,32,33). The lowest BCUT2D eigenvalue weighted by molar-refractivity contribution is -0.119. The number of benzene rings is 2. The van der Waals surface area contributed by atoms with Gasteiger partial charge in [0.05, 0.1) is 17.2 Å². The predicted octanol–water partition coefficient (Wildman–Crippen LogP) is 6.22. The van der Waals surface area contributed by atoms with Crippen LogP contribution in [-0.4, -0.2) is 27.5 Å². The third-order valence-electron chi connectivity index (χ3n) is 8.70. The lowest BCUT2D eigenvalue weighted by Crippen LogP contribution is -2.41. The summed E-state index contributed by atoms with van der Waals surface area (Å²) >= 11 is 6.24. The van der Waals surface area contributed by atoms with Crippen LogP contribution in [0.2, 0.25) is 5.02 Å². The molecule has 1 spiro atoms. The number of amides is 1. The van der Waals surface area contributed by atoms with Crippen LogP contribution in [0.3, 0.4) is 0 Å². The zero-order valence-corrected chi connectivity index (χ0v) is 23.1. The smallest absolute Gasteiger partial charge is 0.264 e. The Kier molecular flexibility index (Phi) is 7.73. The minimum atomic E-state index is -3.96. The Morgan fingerprint density at radius 1 is 1.16 bits per heavy atom. The van der Waals surface area contributed by atoms with Gasteiger partial charge in [0, 0.05) is 23.4 Å². The summed E-state index contributed by atoms with van der Waals surface area (Å²) in [5.74, 6) is 1.78. The lowest BCUT2D eigenvalue weighted by Gasteiger charge is -2.37. The maximum atomic E-state index is 13.0. The molecule has 0 radical (unpaired) electrons. The molecule has 1 saturated carbocycles. The van der Waals surface area contributed by atoms with E-state index in [4.69, 9.17) is 16.3 Å². The number of halogens is 1. The van der Waals surface area contributed by atoms with Crippen LogP contribution in [0, 0.1) is 11.8 Å². The minimum absolute atomic E-state index is 0.0581. The molecule has 2 aliphatic carbocycles. The van der Waals surface area contributed by atoms with Crippen molar-refractivity contribution in [2.24, 2.45) is 11.8 Å². The number of ether oxygens (including phenoxy) is 1. The highest BCUT2D eigenvalue weighted by molar-refractivity contribution is 7.90. The van der Waals surface area contributed by atoms with Crippen LogP contribution < -0.4 is 14.8 Å². The Hall–Kier alpha value is -2.25. The van der Waals surface area contributed by atoms with Gasteiger partial charge in [0.1, 0.15) is 5.75 Å². The molecule has 2 aromatic carbocycles. The molecule has 0 saturated heterocycles. The number of sulfonamides is 1. The predicted molar refractivity (Wildman–Crippen MR) is 147 cm³/mol. The van der Waals surface area contributed by atoms with Gasteiger partial charge in [-0.1, -0.05) is 43.9 Å². The third-order valence-corrected chi connectivity index (χ3v) is 10.3. The summed E-state index contributed by atoms with van der Waals surface area (Å²) < 4.78 is 34.4. The highest BCUT2D eigenvalue weighted by Gasteiger charge is 2.39. The number of rotatable bonds is 8. The van der Waals surface area contributed by atoms with Gasteiger partial charge in [-0.3, -0.25) is 4.79 Å². The van der Waals surface area contributed by atoms with Crippen molar-refractivity contribution in [1.29, 1.82) is 0 Å². The molecule has 5 rings (SSSR count). The van der Waals surface area contributed by atoms with E-state index in [1.807, 2.05) is 12.1 Å². The molecular weight excluding hydrogens is 508 g/mol. The largest absolute Gasteiger partial charge is 0.490 e. The normalized spacial score (nSPS) is 24.6. The van der Waals surface area contributed by atoms with Crippen molar-refractivity contribution in [2.75, 3.05) is 18.5 Å². The molecule has 37 heavy (non-hydrogen) atoms. The molecule has 1 fully saturated rings. The van der Waals surface area contributed by atoms with Crippen LogP contribution in [-0.2, 0) is 26.7 Å². The van der Waals surface area contributed by atoms with Gasteiger partial charge in [-0.15, -0.1) is 0 Å². The molecule has 2 N–H and O–H groups in total. The SMILES string of the molecule is CCC1CCC1CCCCC(=O)NS(=O)(=O)c1ccc2c(c1)NCC1(CCCc3cc(Cl)ccc31)CO2. The van der Waals surface area contributed by atoms with Crippen molar-refractivity contribution < 1.29 is 17.9 Å². The van der Waals surface area contributed by atoms with Crippen molar-refractivity contribution in [3.63, 3.8) is 0 Å². The van der Waals surface area contributed by atoms with Crippen LogP contribution in [0.1, 0.15) is 75.8 Å². The van der Waals surface area contributed by atoms with E-state index in [9.17, 15) is 13.2 Å². The van der Waals surface area contributed by atoms with E-state index < -0.39 is 15.9 Å². The van der Waals surface area contributed by atoms with Gasteiger partial charge in [0.2, 0.25) is 5.91 Å². The number of nitrogens with one attached hydrogen (secondary N) is 2. The first-order chi connectivity index (χ1) is 17.8. The maximum absolute atomic E-state index is 13.0. The average Bonchev–Trinajstić information content (AvgIpc) is 3.03.